The monoisotopic (exact) mass is 435 g/mol. The molecule has 0 unspecified atom stereocenters. The molecule has 2 aromatic rings. The average molecular weight is 436 g/mol. The zero-order valence-corrected chi connectivity index (χ0v) is 19.2. The molecule has 2 amide bonds. The van der Waals surface area contributed by atoms with Crippen LogP contribution in [0.3, 0.4) is 0 Å². The fourth-order valence-corrected chi connectivity index (χ4v) is 5.61. The Balaban J connectivity index is 1.11. The van der Waals surface area contributed by atoms with Gasteiger partial charge in [0.15, 0.2) is 0 Å². The fraction of sp³-hybridized carbons (Fsp3) is 0.538. The summed E-state index contributed by atoms with van der Waals surface area (Å²) in [6.07, 6.45) is 2.85. The molecule has 3 fully saturated rings. The average Bonchev–Trinajstić information content (AvgIpc) is 3.39. The van der Waals surface area contributed by atoms with Crippen LogP contribution in [0.1, 0.15) is 46.7 Å². The van der Waals surface area contributed by atoms with E-state index in [9.17, 15) is 9.59 Å². The first-order chi connectivity index (χ1) is 15.4. The number of carbonyl (C=O) groups excluding carboxylic acids is 2. The van der Waals surface area contributed by atoms with Gasteiger partial charge in [-0.15, -0.1) is 0 Å². The predicted molar refractivity (Wildman–Crippen MR) is 122 cm³/mol. The van der Waals surface area contributed by atoms with Gasteiger partial charge in [-0.3, -0.25) is 14.5 Å². The normalized spacial score (nSPS) is 22.9. The van der Waals surface area contributed by atoms with Gasteiger partial charge in [-0.2, -0.15) is 0 Å². The van der Waals surface area contributed by atoms with Crippen molar-refractivity contribution in [3.8, 4) is 0 Å². The Morgan fingerprint density at radius 3 is 2.28 bits per heavy atom. The molecule has 170 valence electrons. The van der Waals surface area contributed by atoms with Gasteiger partial charge in [0.05, 0.1) is 5.56 Å². The van der Waals surface area contributed by atoms with Crippen LogP contribution in [-0.2, 0) is 11.3 Å². The lowest BCUT2D eigenvalue weighted by Crippen LogP contribution is -2.49. The molecule has 0 radical (unpaired) electrons. The van der Waals surface area contributed by atoms with Crippen molar-refractivity contribution in [1.82, 2.24) is 14.7 Å². The van der Waals surface area contributed by atoms with E-state index >= 15 is 0 Å². The maximum Gasteiger partial charge on any atom is 0.257 e. The van der Waals surface area contributed by atoms with E-state index < -0.39 is 0 Å². The second-order valence-electron chi connectivity index (χ2n) is 9.83. The summed E-state index contributed by atoms with van der Waals surface area (Å²) in [5.74, 6) is 2.02. The maximum atomic E-state index is 13.2. The Labute approximate surface area is 190 Å². The number of piperazine rings is 1. The van der Waals surface area contributed by atoms with Crippen LogP contribution in [0.2, 0.25) is 0 Å². The molecule has 1 atom stereocenters. The van der Waals surface area contributed by atoms with Crippen molar-refractivity contribution in [3.05, 3.63) is 59.0 Å². The van der Waals surface area contributed by atoms with Gasteiger partial charge in [0.25, 0.3) is 5.91 Å². The summed E-state index contributed by atoms with van der Waals surface area (Å²) >= 11 is 0. The minimum absolute atomic E-state index is 0.0623. The van der Waals surface area contributed by atoms with Crippen LogP contribution >= 0.6 is 0 Å². The molecule has 1 spiro atoms. The van der Waals surface area contributed by atoms with Crippen molar-refractivity contribution in [2.45, 2.75) is 39.7 Å². The summed E-state index contributed by atoms with van der Waals surface area (Å²) in [5.41, 5.74) is 2.13. The van der Waals surface area contributed by atoms with Crippen LogP contribution in [0.4, 0.5) is 0 Å². The number of hydrogen-bond acceptors (Lipinski definition) is 4. The van der Waals surface area contributed by atoms with Crippen LogP contribution in [-0.4, -0.2) is 65.8 Å². The third-order valence-corrected chi connectivity index (χ3v) is 7.74. The summed E-state index contributed by atoms with van der Waals surface area (Å²) in [4.78, 5) is 32.5. The molecule has 1 saturated carbocycles. The summed E-state index contributed by atoms with van der Waals surface area (Å²) in [6, 6.07) is 12.4. The Bertz CT molecular complexity index is 983. The third-order valence-electron chi connectivity index (χ3n) is 7.74. The zero-order valence-electron chi connectivity index (χ0n) is 19.2. The molecule has 3 aliphatic rings. The van der Waals surface area contributed by atoms with E-state index in [2.05, 4.69) is 34.1 Å². The van der Waals surface area contributed by atoms with Crippen LogP contribution in [0.25, 0.3) is 0 Å². The van der Waals surface area contributed by atoms with Crippen LogP contribution in [0, 0.1) is 25.2 Å². The van der Waals surface area contributed by atoms with Crippen LogP contribution in [0.5, 0.6) is 0 Å². The van der Waals surface area contributed by atoms with E-state index in [0.29, 0.717) is 17.2 Å². The summed E-state index contributed by atoms with van der Waals surface area (Å²) in [6.45, 7) is 9.66. The Kier molecular flexibility index (Phi) is 5.58. The van der Waals surface area contributed by atoms with Gasteiger partial charge >= 0.3 is 0 Å². The summed E-state index contributed by atoms with van der Waals surface area (Å²) < 4.78 is 5.54. The first-order valence-corrected chi connectivity index (χ1v) is 11.9. The number of carbonyl (C=O) groups is 2. The number of benzene rings is 1. The van der Waals surface area contributed by atoms with E-state index in [0.717, 1.165) is 70.8 Å². The van der Waals surface area contributed by atoms with Gasteiger partial charge in [0.2, 0.25) is 5.91 Å². The molecule has 1 aliphatic carbocycles. The molecule has 0 bridgehead atoms. The highest BCUT2D eigenvalue weighted by Crippen LogP contribution is 2.60. The van der Waals surface area contributed by atoms with E-state index in [1.54, 1.807) is 0 Å². The zero-order chi connectivity index (χ0) is 22.3. The Morgan fingerprint density at radius 2 is 1.66 bits per heavy atom. The number of furan rings is 1. The maximum absolute atomic E-state index is 13.2. The Morgan fingerprint density at radius 1 is 0.969 bits per heavy atom. The molecule has 5 rings (SSSR count). The van der Waals surface area contributed by atoms with Crippen molar-refractivity contribution >= 4 is 11.8 Å². The van der Waals surface area contributed by atoms with Crippen LogP contribution in [0.15, 0.2) is 40.8 Å². The van der Waals surface area contributed by atoms with E-state index in [1.807, 2.05) is 30.9 Å². The molecular formula is C26H33N3O3. The second kappa shape index (κ2) is 8.39. The topological polar surface area (TPSA) is 57.0 Å². The molecule has 6 heteroatoms. The summed E-state index contributed by atoms with van der Waals surface area (Å²) in [7, 11) is 0. The van der Waals surface area contributed by atoms with E-state index in [-0.39, 0.29) is 17.2 Å². The quantitative estimate of drug-likeness (QED) is 0.738. The van der Waals surface area contributed by atoms with Crippen molar-refractivity contribution in [3.63, 3.8) is 0 Å². The standard InChI is InChI=1S/C26H33N3O3/c1-19-16-22(20(2)32-19)24(30)28-10-8-26(9-11-28)17-23(26)25(31)29-14-12-27(13-15-29)18-21-6-4-3-5-7-21/h3-7,16,23H,8-15,17-18H2,1-2H3/t23-/m1/s1. The van der Waals surface area contributed by atoms with Gasteiger partial charge in [0, 0.05) is 51.7 Å². The minimum atomic E-state index is 0.0623. The lowest BCUT2D eigenvalue weighted by Gasteiger charge is -2.36. The molecule has 32 heavy (non-hydrogen) atoms. The predicted octanol–water partition coefficient (Wildman–Crippen LogP) is 3.48. The van der Waals surface area contributed by atoms with Gasteiger partial charge in [-0.1, -0.05) is 30.3 Å². The Hall–Kier alpha value is -2.60. The fourth-order valence-electron chi connectivity index (χ4n) is 5.61. The highest BCUT2D eigenvalue weighted by molar-refractivity contribution is 5.95. The molecule has 0 N–H and O–H groups in total. The molecule has 6 nitrogen and oxygen atoms in total. The number of likely N-dealkylation sites (tertiary alicyclic amines) is 1. The van der Waals surface area contributed by atoms with Gasteiger partial charge in [-0.05, 0) is 50.2 Å². The first-order valence-electron chi connectivity index (χ1n) is 11.9. The lowest BCUT2D eigenvalue weighted by atomic mass is 9.90. The molecule has 2 aliphatic heterocycles. The highest BCUT2D eigenvalue weighted by Gasteiger charge is 2.59. The molecule has 1 aromatic heterocycles. The molecular weight excluding hydrogens is 402 g/mol. The van der Waals surface area contributed by atoms with Crippen LogP contribution < -0.4 is 0 Å². The van der Waals surface area contributed by atoms with E-state index in [4.69, 9.17) is 4.42 Å². The number of nitrogens with zero attached hydrogens (tertiary/aromatic N) is 3. The second-order valence-corrected chi connectivity index (χ2v) is 9.83. The van der Waals surface area contributed by atoms with E-state index in [1.165, 1.54) is 5.56 Å². The number of rotatable bonds is 4. The number of aryl methyl sites for hydroxylation is 2. The SMILES string of the molecule is Cc1cc(C(=O)N2CCC3(CC2)C[C@@H]3C(=O)N2CCN(Cc3ccccc3)CC2)c(C)o1. The van der Waals surface area contributed by atoms with Crippen molar-refractivity contribution in [2.75, 3.05) is 39.3 Å². The smallest absolute Gasteiger partial charge is 0.257 e. The van der Waals surface area contributed by atoms with Crippen molar-refractivity contribution in [2.24, 2.45) is 11.3 Å². The largest absolute Gasteiger partial charge is 0.466 e. The molecule has 3 heterocycles. The molecule has 1 aromatic carbocycles. The lowest BCUT2D eigenvalue weighted by molar-refractivity contribution is -0.135. The third kappa shape index (κ3) is 4.08. The number of hydrogen-bond donors (Lipinski definition) is 0. The highest BCUT2D eigenvalue weighted by atomic mass is 16.3. The number of amides is 2. The van der Waals surface area contributed by atoms with Gasteiger partial charge in [-0.25, -0.2) is 0 Å². The first kappa shape index (κ1) is 21.3. The number of piperidine rings is 1. The van der Waals surface area contributed by atoms with Crippen molar-refractivity contribution < 1.29 is 14.0 Å². The molecule has 2 saturated heterocycles. The van der Waals surface area contributed by atoms with Gasteiger partial charge < -0.3 is 14.2 Å². The summed E-state index contributed by atoms with van der Waals surface area (Å²) in [5, 5.41) is 0. The van der Waals surface area contributed by atoms with Gasteiger partial charge in [0.1, 0.15) is 11.5 Å². The van der Waals surface area contributed by atoms with Crippen molar-refractivity contribution in [1.29, 1.82) is 0 Å². The minimum Gasteiger partial charge on any atom is -0.466 e.